The van der Waals surface area contributed by atoms with Gasteiger partial charge in [-0.15, -0.1) is 0 Å². The van der Waals surface area contributed by atoms with E-state index in [9.17, 15) is 4.79 Å². The predicted octanol–water partition coefficient (Wildman–Crippen LogP) is 2.66. The molecule has 2 rings (SSSR count). The Kier molecular flexibility index (Phi) is 4.06. The molecule has 2 heterocycles. The maximum Gasteiger partial charge on any atom is 0.156 e. The van der Waals surface area contributed by atoms with Crippen molar-refractivity contribution in [3.05, 3.63) is 39.4 Å². The molecule has 0 saturated carbocycles. The van der Waals surface area contributed by atoms with Crippen molar-refractivity contribution in [1.82, 2.24) is 9.97 Å². The zero-order valence-electron chi connectivity index (χ0n) is 8.89. The Hall–Kier alpha value is -1.46. The Bertz CT molecular complexity index is 501. The SMILES string of the molecule is O=Cc1c(Cl)ncnc1NCCc1ccsc1. The van der Waals surface area contributed by atoms with E-state index in [0.29, 0.717) is 24.2 Å². The first kappa shape index (κ1) is 12.0. The molecule has 0 saturated heterocycles. The molecule has 0 aliphatic carbocycles. The second-order valence-corrected chi connectivity index (χ2v) is 4.49. The number of hydrogen-bond donors (Lipinski definition) is 1. The van der Waals surface area contributed by atoms with Gasteiger partial charge in [-0.2, -0.15) is 11.3 Å². The maximum absolute atomic E-state index is 10.8. The topological polar surface area (TPSA) is 54.9 Å². The lowest BCUT2D eigenvalue weighted by atomic mass is 10.2. The van der Waals surface area contributed by atoms with Crippen LogP contribution in [0.4, 0.5) is 5.82 Å². The quantitative estimate of drug-likeness (QED) is 0.668. The van der Waals surface area contributed by atoms with Crippen molar-refractivity contribution in [2.24, 2.45) is 0 Å². The molecule has 88 valence electrons. The van der Waals surface area contributed by atoms with Crippen molar-refractivity contribution in [2.45, 2.75) is 6.42 Å². The Morgan fingerprint density at radius 2 is 2.35 bits per heavy atom. The number of carbonyl (C=O) groups excluding carboxylic acids is 1. The summed E-state index contributed by atoms with van der Waals surface area (Å²) in [6.45, 7) is 0.699. The van der Waals surface area contributed by atoms with Gasteiger partial charge >= 0.3 is 0 Å². The number of aromatic nitrogens is 2. The molecule has 0 atom stereocenters. The first-order valence-electron chi connectivity index (χ1n) is 5.02. The molecule has 1 N–H and O–H groups in total. The summed E-state index contributed by atoms with van der Waals surface area (Å²) >= 11 is 7.45. The third-order valence-corrected chi connectivity index (χ3v) is 3.27. The van der Waals surface area contributed by atoms with Crippen LogP contribution in [0.1, 0.15) is 15.9 Å². The number of thiophene rings is 1. The first-order valence-corrected chi connectivity index (χ1v) is 6.34. The zero-order valence-corrected chi connectivity index (χ0v) is 10.5. The minimum atomic E-state index is 0.174. The molecule has 17 heavy (non-hydrogen) atoms. The number of rotatable bonds is 5. The smallest absolute Gasteiger partial charge is 0.156 e. The Labute approximate surface area is 108 Å². The van der Waals surface area contributed by atoms with E-state index in [1.165, 1.54) is 11.9 Å². The number of carbonyl (C=O) groups is 1. The second-order valence-electron chi connectivity index (χ2n) is 3.35. The van der Waals surface area contributed by atoms with Gasteiger partial charge in [-0.25, -0.2) is 9.97 Å². The summed E-state index contributed by atoms with van der Waals surface area (Å²) in [5, 5.41) is 7.38. The van der Waals surface area contributed by atoms with Crippen molar-refractivity contribution in [1.29, 1.82) is 0 Å². The van der Waals surface area contributed by atoms with Gasteiger partial charge in [-0.05, 0) is 28.8 Å². The predicted molar refractivity (Wildman–Crippen MR) is 68.9 cm³/mol. The van der Waals surface area contributed by atoms with Crippen LogP contribution in [0.15, 0.2) is 23.2 Å². The van der Waals surface area contributed by atoms with Gasteiger partial charge in [0, 0.05) is 6.54 Å². The molecule has 2 aromatic heterocycles. The lowest BCUT2D eigenvalue weighted by molar-refractivity contribution is 0.112. The number of anilines is 1. The third-order valence-electron chi connectivity index (χ3n) is 2.24. The van der Waals surface area contributed by atoms with Crippen LogP contribution in [0.2, 0.25) is 5.15 Å². The molecule has 0 aliphatic rings. The van der Waals surface area contributed by atoms with Crippen LogP contribution in [0.3, 0.4) is 0 Å². The van der Waals surface area contributed by atoms with Crippen LogP contribution in [-0.2, 0) is 6.42 Å². The average molecular weight is 268 g/mol. The number of nitrogens with zero attached hydrogens (tertiary/aromatic N) is 2. The highest BCUT2D eigenvalue weighted by molar-refractivity contribution is 7.07. The molecule has 0 fully saturated rings. The van der Waals surface area contributed by atoms with Gasteiger partial charge in [-0.1, -0.05) is 11.6 Å². The van der Waals surface area contributed by atoms with Gasteiger partial charge in [0.1, 0.15) is 17.3 Å². The van der Waals surface area contributed by atoms with Gasteiger partial charge in [0.15, 0.2) is 6.29 Å². The van der Waals surface area contributed by atoms with Crippen LogP contribution in [0, 0.1) is 0 Å². The summed E-state index contributed by atoms with van der Waals surface area (Å²) in [5.41, 5.74) is 1.56. The fraction of sp³-hybridized carbons (Fsp3) is 0.182. The highest BCUT2D eigenvalue weighted by atomic mass is 35.5. The maximum atomic E-state index is 10.8. The minimum absolute atomic E-state index is 0.174. The molecular weight excluding hydrogens is 258 g/mol. The van der Waals surface area contributed by atoms with Crippen LogP contribution < -0.4 is 5.32 Å². The largest absolute Gasteiger partial charge is 0.369 e. The molecule has 0 amide bonds. The van der Waals surface area contributed by atoms with E-state index < -0.39 is 0 Å². The first-order chi connectivity index (χ1) is 8.31. The minimum Gasteiger partial charge on any atom is -0.369 e. The van der Waals surface area contributed by atoms with Gasteiger partial charge < -0.3 is 5.32 Å². The van der Waals surface area contributed by atoms with Gasteiger partial charge in [0.05, 0.1) is 5.56 Å². The summed E-state index contributed by atoms with van der Waals surface area (Å²) in [6, 6.07) is 2.07. The fourth-order valence-corrected chi connectivity index (χ4v) is 2.26. The Morgan fingerprint density at radius 1 is 1.47 bits per heavy atom. The summed E-state index contributed by atoms with van der Waals surface area (Å²) < 4.78 is 0. The standard InChI is InChI=1S/C11H10ClN3OS/c12-10-9(5-16)11(15-7-14-10)13-3-1-8-2-4-17-6-8/h2,4-7H,1,3H2,(H,13,14,15). The molecule has 6 heteroatoms. The van der Waals surface area contributed by atoms with E-state index in [1.54, 1.807) is 11.3 Å². The third kappa shape index (κ3) is 3.01. The van der Waals surface area contributed by atoms with Gasteiger partial charge in [0.25, 0.3) is 0 Å². The highest BCUT2D eigenvalue weighted by Gasteiger charge is 2.07. The summed E-state index contributed by atoms with van der Waals surface area (Å²) in [4.78, 5) is 18.6. The number of nitrogens with one attached hydrogen (secondary N) is 1. The van der Waals surface area contributed by atoms with Crippen molar-refractivity contribution in [2.75, 3.05) is 11.9 Å². The molecule has 2 aromatic rings. The Morgan fingerprint density at radius 3 is 3.06 bits per heavy atom. The average Bonchev–Trinajstić information content (AvgIpc) is 2.82. The van der Waals surface area contributed by atoms with Crippen molar-refractivity contribution in [3.63, 3.8) is 0 Å². The molecule has 0 radical (unpaired) electrons. The van der Waals surface area contributed by atoms with Crippen molar-refractivity contribution < 1.29 is 4.79 Å². The van der Waals surface area contributed by atoms with Crippen LogP contribution in [-0.4, -0.2) is 22.8 Å². The lowest BCUT2D eigenvalue weighted by Gasteiger charge is -2.07. The van der Waals surface area contributed by atoms with Crippen LogP contribution >= 0.6 is 22.9 Å². The number of aldehydes is 1. The molecular formula is C11H10ClN3OS. The van der Waals surface area contributed by atoms with E-state index >= 15 is 0 Å². The van der Waals surface area contributed by atoms with Crippen LogP contribution in [0.25, 0.3) is 0 Å². The van der Waals surface area contributed by atoms with E-state index in [4.69, 9.17) is 11.6 Å². The monoisotopic (exact) mass is 267 g/mol. The van der Waals surface area contributed by atoms with Crippen molar-refractivity contribution >= 4 is 35.0 Å². The summed E-state index contributed by atoms with van der Waals surface area (Å²) in [6.07, 6.45) is 2.88. The molecule has 0 aliphatic heterocycles. The zero-order chi connectivity index (χ0) is 12.1. The van der Waals surface area contributed by atoms with Crippen molar-refractivity contribution in [3.8, 4) is 0 Å². The summed E-state index contributed by atoms with van der Waals surface area (Å²) in [7, 11) is 0. The Balaban J connectivity index is 1.99. The number of halogens is 1. The normalized spacial score (nSPS) is 10.2. The van der Waals surface area contributed by atoms with Crippen LogP contribution in [0.5, 0.6) is 0 Å². The molecule has 4 nitrogen and oxygen atoms in total. The lowest BCUT2D eigenvalue weighted by Crippen LogP contribution is -2.09. The number of hydrogen-bond acceptors (Lipinski definition) is 5. The van der Waals surface area contributed by atoms with Gasteiger partial charge in [-0.3, -0.25) is 4.79 Å². The fourth-order valence-electron chi connectivity index (χ4n) is 1.38. The molecule has 0 spiro atoms. The highest BCUT2D eigenvalue weighted by Crippen LogP contribution is 2.17. The molecule has 0 unspecified atom stereocenters. The van der Waals surface area contributed by atoms with E-state index in [2.05, 4.69) is 26.7 Å². The van der Waals surface area contributed by atoms with E-state index in [-0.39, 0.29) is 5.15 Å². The van der Waals surface area contributed by atoms with Gasteiger partial charge in [0.2, 0.25) is 0 Å². The second kappa shape index (κ2) is 5.75. The summed E-state index contributed by atoms with van der Waals surface area (Å²) in [5.74, 6) is 0.482. The molecule has 0 bridgehead atoms. The van der Waals surface area contributed by atoms with E-state index in [1.807, 2.05) is 5.38 Å². The molecule has 0 aromatic carbocycles. The van der Waals surface area contributed by atoms with E-state index in [0.717, 1.165) is 6.42 Å².